The molecule has 2 aromatic rings. The zero-order valence-corrected chi connectivity index (χ0v) is 18.1. The number of nitrogens with two attached hydrogens (primary N) is 2. The van der Waals surface area contributed by atoms with Gasteiger partial charge in [-0.25, -0.2) is 4.79 Å². The first-order valence-electron chi connectivity index (χ1n) is 6.80. The van der Waals surface area contributed by atoms with E-state index in [9.17, 15) is 4.79 Å². The van der Waals surface area contributed by atoms with Gasteiger partial charge in [0.1, 0.15) is 0 Å². The smallest absolute Gasteiger partial charge is 0.329 e. The zero-order chi connectivity index (χ0) is 16.4. The van der Waals surface area contributed by atoms with Crippen LogP contribution in [0.15, 0.2) is 22.7 Å². The molecule has 0 amide bonds. The van der Waals surface area contributed by atoms with E-state index < -0.39 is 0 Å². The van der Waals surface area contributed by atoms with Crippen LogP contribution in [0, 0.1) is 0 Å². The van der Waals surface area contributed by atoms with Gasteiger partial charge in [-0.15, -0.1) is 0 Å². The van der Waals surface area contributed by atoms with Gasteiger partial charge in [-0.3, -0.25) is 9.13 Å². The molecule has 0 unspecified atom stereocenters. The van der Waals surface area contributed by atoms with Crippen molar-refractivity contribution in [1.29, 1.82) is 0 Å². The fourth-order valence-corrected chi connectivity index (χ4v) is 4.86. The number of hydrogen-bond donors (Lipinski definition) is 2. The molecule has 9 heteroatoms. The Morgan fingerprint density at radius 1 is 0.727 bits per heavy atom. The average Bonchev–Trinajstić information content (AvgIpc) is 2.79. The molecule has 4 N–H and O–H groups in total. The molecule has 22 heavy (non-hydrogen) atoms. The molecule has 0 aliphatic heterocycles. The van der Waals surface area contributed by atoms with Gasteiger partial charge in [0, 0.05) is 22.0 Å². The molecule has 0 atom stereocenters. The molecule has 0 saturated carbocycles. The summed E-state index contributed by atoms with van der Waals surface area (Å²) in [7, 11) is 0. The van der Waals surface area contributed by atoms with Crippen LogP contribution in [0.4, 0.5) is 0 Å². The Labute approximate surface area is 161 Å². The number of halogens is 4. The number of rotatable bonds is 6. The molecule has 122 valence electrons. The van der Waals surface area contributed by atoms with E-state index in [1.54, 1.807) is 9.13 Å². The largest absolute Gasteiger partial charge is 0.330 e. The van der Waals surface area contributed by atoms with Crippen LogP contribution in [0.2, 0.25) is 0 Å². The molecule has 0 saturated heterocycles. The minimum Gasteiger partial charge on any atom is -0.330 e. The van der Waals surface area contributed by atoms with E-state index in [2.05, 4.69) is 63.7 Å². The van der Waals surface area contributed by atoms with Gasteiger partial charge in [-0.1, -0.05) is 0 Å². The van der Waals surface area contributed by atoms with E-state index in [0.29, 0.717) is 26.2 Å². The summed E-state index contributed by atoms with van der Waals surface area (Å²) in [6, 6.07) is 0. The predicted octanol–water partition coefficient (Wildman–Crippen LogP) is 3.55. The molecular formula is C13H16Br4N4O. The molecule has 2 rings (SSSR count). The number of aryl methyl sites for hydroxylation is 2. The predicted molar refractivity (Wildman–Crippen MR) is 104 cm³/mol. The molecule has 0 bridgehead atoms. The third kappa shape index (κ3) is 3.25. The summed E-state index contributed by atoms with van der Waals surface area (Å²) in [6.45, 7) is 2.25. The number of nitrogens with zero attached hydrogens (tertiary/aromatic N) is 2. The van der Waals surface area contributed by atoms with Gasteiger partial charge in [-0.2, -0.15) is 0 Å². The second kappa shape index (κ2) is 7.94. The van der Waals surface area contributed by atoms with E-state index in [1.807, 2.05) is 0 Å². The highest BCUT2D eigenvalue weighted by molar-refractivity contribution is 9.15. The van der Waals surface area contributed by atoms with Crippen LogP contribution in [-0.2, 0) is 13.1 Å². The highest BCUT2D eigenvalue weighted by Gasteiger charge is 2.22. The average molecular weight is 564 g/mol. The summed E-state index contributed by atoms with van der Waals surface area (Å²) >= 11 is 14.3. The lowest BCUT2D eigenvalue weighted by Gasteiger charge is -2.10. The maximum Gasteiger partial charge on any atom is 0.329 e. The van der Waals surface area contributed by atoms with Gasteiger partial charge in [0.05, 0.1) is 20.0 Å². The van der Waals surface area contributed by atoms with Gasteiger partial charge < -0.3 is 11.5 Å². The summed E-state index contributed by atoms with van der Waals surface area (Å²) in [5.74, 6) is 0. The number of hydrogen-bond acceptors (Lipinski definition) is 3. The standard InChI is InChI=1S/C13H16Br4N4O/c14-7-8(15)10(17)12-11(9(7)16)20(5-1-3-18)13(22)21(12)6-2-4-19/h1-6,18-19H2. The molecular weight excluding hydrogens is 548 g/mol. The van der Waals surface area contributed by atoms with Crippen molar-refractivity contribution in [2.24, 2.45) is 11.5 Å². The van der Waals surface area contributed by atoms with Crippen LogP contribution in [0.5, 0.6) is 0 Å². The highest BCUT2D eigenvalue weighted by Crippen LogP contribution is 2.43. The Kier molecular flexibility index (Phi) is 6.73. The molecule has 1 aromatic carbocycles. The van der Waals surface area contributed by atoms with Gasteiger partial charge in [0.15, 0.2) is 0 Å². The van der Waals surface area contributed by atoms with Crippen molar-refractivity contribution in [2.75, 3.05) is 13.1 Å². The zero-order valence-electron chi connectivity index (χ0n) is 11.7. The molecule has 1 heterocycles. The number of aromatic nitrogens is 2. The van der Waals surface area contributed by atoms with Gasteiger partial charge in [-0.05, 0) is 89.7 Å². The minimum atomic E-state index is -0.0386. The van der Waals surface area contributed by atoms with Crippen LogP contribution in [0.1, 0.15) is 12.8 Å². The van der Waals surface area contributed by atoms with E-state index in [4.69, 9.17) is 11.5 Å². The quantitative estimate of drug-likeness (QED) is 0.417. The fourth-order valence-electron chi connectivity index (χ4n) is 2.35. The lowest BCUT2D eigenvalue weighted by atomic mass is 10.3. The third-order valence-corrected chi connectivity index (χ3v) is 8.12. The Bertz CT molecular complexity index is 693. The van der Waals surface area contributed by atoms with Gasteiger partial charge in [0.25, 0.3) is 0 Å². The number of imidazole rings is 1. The molecule has 5 nitrogen and oxygen atoms in total. The lowest BCUT2D eigenvalue weighted by Crippen LogP contribution is -2.26. The summed E-state index contributed by atoms with van der Waals surface area (Å²) in [5, 5.41) is 0. The molecule has 0 spiro atoms. The van der Waals surface area contributed by atoms with Crippen molar-refractivity contribution in [3.8, 4) is 0 Å². The summed E-state index contributed by atoms with van der Waals surface area (Å²) in [5.41, 5.74) is 12.9. The topological polar surface area (TPSA) is 79.0 Å². The van der Waals surface area contributed by atoms with Crippen LogP contribution in [-0.4, -0.2) is 22.2 Å². The SMILES string of the molecule is NCCCn1c(=O)n(CCCN)c2c(Br)c(Br)c(Br)c(Br)c21. The van der Waals surface area contributed by atoms with E-state index in [1.165, 1.54) is 0 Å². The van der Waals surface area contributed by atoms with Crippen LogP contribution >= 0.6 is 63.7 Å². The number of fused-ring (bicyclic) bond motifs is 1. The molecule has 0 aliphatic carbocycles. The van der Waals surface area contributed by atoms with E-state index >= 15 is 0 Å². The monoisotopic (exact) mass is 560 g/mol. The van der Waals surface area contributed by atoms with Gasteiger partial charge in [0.2, 0.25) is 0 Å². The Hall–Kier alpha value is 0.330. The first-order chi connectivity index (χ1) is 10.5. The normalized spacial score (nSPS) is 11.5. The van der Waals surface area contributed by atoms with Crippen molar-refractivity contribution in [2.45, 2.75) is 25.9 Å². The van der Waals surface area contributed by atoms with Crippen molar-refractivity contribution in [1.82, 2.24) is 9.13 Å². The lowest BCUT2D eigenvalue weighted by molar-refractivity contribution is 0.588. The highest BCUT2D eigenvalue weighted by atomic mass is 79.9. The van der Waals surface area contributed by atoms with Crippen LogP contribution in [0.25, 0.3) is 11.0 Å². The first kappa shape index (κ1) is 18.7. The summed E-state index contributed by atoms with van der Waals surface area (Å²) < 4.78 is 6.96. The van der Waals surface area contributed by atoms with Crippen LogP contribution < -0.4 is 17.2 Å². The molecule has 0 radical (unpaired) electrons. The maximum absolute atomic E-state index is 12.8. The molecule has 1 aromatic heterocycles. The Balaban J connectivity index is 2.83. The van der Waals surface area contributed by atoms with E-state index in [-0.39, 0.29) is 5.69 Å². The summed E-state index contributed by atoms with van der Waals surface area (Å²) in [6.07, 6.45) is 1.49. The molecule has 0 fully saturated rings. The van der Waals surface area contributed by atoms with Gasteiger partial charge >= 0.3 is 5.69 Å². The first-order valence-corrected chi connectivity index (χ1v) is 9.98. The minimum absolute atomic E-state index is 0.0386. The van der Waals surface area contributed by atoms with Crippen molar-refractivity contribution >= 4 is 74.8 Å². The van der Waals surface area contributed by atoms with Crippen molar-refractivity contribution < 1.29 is 0 Å². The summed E-state index contributed by atoms with van der Waals surface area (Å²) in [4.78, 5) is 12.8. The van der Waals surface area contributed by atoms with Crippen molar-refractivity contribution in [3.63, 3.8) is 0 Å². The second-order valence-electron chi connectivity index (χ2n) is 4.82. The Morgan fingerprint density at radius 3 is 1.41 bits per heavy atom. The second-order valence-corrected chi connectivity index (χ2v) is 8.00. The maximum atomic E-state index is 12.8. The third-order valence-electron chi connectivity index (χ3n) is 3.39. The Morgan fingerprint density at radius 2 is 1.09 bits per heavy atom. The van der Waals surface area contributed by atoms with Crippen LogP contribution in [0.3, 0.4) is 0 Å². The van der Waals surface area contributed by atoms with E-state index in [0.717, 1.165) is 41.8 Å². The number of benzene rings is 1. The van der Waals surface area contributed by atoms with Crippen molar-refractivity contribution in [3.05, 3.63) is 28.4 Å². The fraction of sp³-hybridized carbons (Fsp3) is 0.462. The molecule has 0 aliphatic rings.